The van der Waals surface area contributed by atoms with Gasteiger partial charge < -0.3 is 9.52 Å². The van der Waals surface area contributed by atoms with Crippen molar-refractivity contribution >= 4 is 16.8 Å². The molecule has 114 valence electrons. The van der Waals surface area contributed by atoms with E-state index in [0.29, 0.717) is 25.0 Å². The highest BCUT2D eigenvalue weighted by atomic mass is 16.3. The normalized spacial score (nSPS) is 10.5. The molecule has 0 aliphatic rings. The molecule has 0 atom stereocenters. The van der Waals surface area contributed by atoms with E-state index in [1.807, 2.05) is 0 Å². The zero-order valence-corrected chi connectivity index (χ0v) is 12.3. The molecule has 0 spiro atoms. The summed E-state index contributed by atoms with van der Waals surface area (Å²) in [5, 5.41) is 9.95. The molecule has 1 N–H and O–H groups in total. The monoisotopic (exact) mass is 298 g/mol. The van der Waals surface area contributed by atoms with Crippen LogP contribution in [0.4, 0.5) is 0 Å². The predicted octanol–water partition coefficient (Wildman–Crippen LogP) is 3.77. The summed E-state index contributed by atoms with van der Waals surface area (Å²) in [6, 6.07) is 4.60. The van der Waals surface area contributed by atoms with Gasteiger partial charge >= 0.3 is 0 Å². The van der Waals surface area contributed by atoms with Crippen LogP contribution in [0.25, 0.3) is 11.0 Å². The van der Waals surface area contributed by atoms with Crippen molar-refractivity contribution < 1.29 is 14.3 Å². The summed E-state index contributed by atoms with van der Waals surface area (Å²) >= 11 is 0. The van der Waals surface area contributed by atoms with Crippen LogP contribution in [0, 0.1) is 0 Å². The van der Waals surface area contributed by atoms with E-state index in [1.165, 1.54) is 6.07 Å². The molecule has 0 saturated heterocycles. The van der Waals surface area contributed by atoms with Crippen LogP contribution in [0.1, 0.15) is 35.4 Å². The van der Waals surface area contributed by atoms with Crippen LogP contribution < -0.4 is 5.43 Å². The fourth-order valence-electron chi connectivity index (χ4n) is 2.32. The summed E-state index contributed by atoms with van der Waals surface area (Å²) < 4.78 is 5.70. The Kier molecular flexibility index (Phi) is 4.94. The SMILES string of the molecule is C=CCCC(=O)c1c(CCC=C)oc2cccc(O)c2c1=O. The minimum Gasteiger partial charge on any atom is -0.507 e. The molecule has 1 aromatic heterocycles. The van der Waals surface area contributed by atoms with Crippen LogP contribution in [0.15, 0.2) is 52.7 Å². The molecular weight excluding hydrogens is 280 g/mol. The molecule has 0 unspecified atom stereocenters. The highest BCUT2D eigenvalue weighted by Gasteiger charge is 2.21. The molecule has 22 heavy (non-hydrogen) atoms. The molecule has 0 amide bonds. The molecule has 0 bridgehead atoms. The molecule has 0 fully saturated rings. The second-order valence-corrected chi connectivity index (χ2v) is 4.96. The van der Waals surface area contributed by atoms with Crippen LogP contribution in [0.5, 0.6) is 5.75 Å². The van der Waals surface area contributed by atoms with Crippen molar-refractivity contribution in [2.45, 2.75) is 25.7 Å². The fourth-order valence-corrected chi connectivity index (χ4v) is 2.32. The number of carbonyl (C=O) groups excluding carboxylic acids is 1. The zero-order chi connectivity index (χ0) is 16.1. The predicted molar refractivity (Wildman–Crippen MR) is 86.4 cm³/mol. The van der Waals surface area contributed by atoms with Gasteiger partial charge in [0.25, 0.3) is 0 Å². The molecular formula is C18H18O4. The van der Waals surface area contributed by atoms with Gasteiger partial charge in [0.1, 0.15) is 28.0 Å². The number of rotatable bonds is 7. The highest BCUT2D eigenvalue weighted by molar-refractivity contribution is 6.00. The van der Waals surface area contributed by atoms with E-state index in [9.17, 15) is 14.7 Å². The third-order valence-corrected chi connectivity index (χ3v) is 3.40. The Balaban J connectivity index is 2.68. The first-order valence-electron chi connectivity index (χ1n) is 7.12. The average molecular weight is 298 g/mol. The van der Waals surface area contributed by atoms with Gasteiger partial charge in [-0.3, -0.25) is 9.59 Å². The first-order valence-corrected chi connectivity index (χ1v) is 7.12. The van der Waals surface area contributed by atoms with Gasteiger partial charge in [-0.15, -0.1) is 13.2 Å². The van der Waals surface area contributed by atoms with E-state index in [-0.39, 0.29) is 34.5 Å². The Morgan fingerprint density at radius 1 is 1.23 bits per heavy atom. The molecule has 4 nitrogen and oxygen atoms in total. The van der Waals surface area contributed by atoms with E-state index in [0.717, 1.165) is 0 Å². The van der Waals surface area contributed by atoms with Gasteiger partial charge in [0.15, 0.2) is 5.78 Å². The van der Waals surface area contributed by atoms with Gasteiger partial charge in [-0.2, -0.15) is 0 Å². The summed E-state index contributed by atoms with van der Waals surface area (Å²) in [6.07, 6.45) is 5.01. The van der Waals surface area contributed by atoms with E-state index >= 15 is 0 Å². The number of benzene rings is 1. The molecule has 4 heteroatoms. The van der Waals surface area contributed by atoms with E-state index in [4.69, 9.17) is 4.42 Å². The molecule has 0 radical (unpaired) electrons. The number of Topliss-reactive ketones (excluding diaryl/α,β-unsaturated/α-hetero) is 1. The topological polar surface area (TPSA) is 67.5 Å². The lowest BCUT2D eigenvalue weighted by atomic mass is 10.0. The summed E-state index contributed by atoms with van der Waals surface area (Å²) in [5.41, 5.74) is -0.172. The number of hydrogen-bond acceptors (Lipinski definition) is 4. The molecule has 2 aromatic rings. The number of aryl methyl sites for hydroxylation is 1. The number of hydrogen-bond donors (Lipinski definition) is 1. The number of aromatic hydroxyl groups is 1. The number of phenols is 1. The number of carbonyl (C=O) groups is 1. The lowest BCUT2D eigenvalue weighted by molar-refractivity contribution is 0.0979. The van der Waals surface area contributed by atoms with E-state index in [2.05, 4.69) is 13.2 Å². The fraction of sp³-hybridized carbons (Fsp3) is 0.222. The maximum atomic E-state index is 12.6. The summed E-state index contributed by atoms with van der Waals surface area (Å²) in [6.45, 7) is 7.22. The van der Waals surface area contributed by atoms with Crippen molar-refractivity contribution in [3.05, 3.63) is 65.1 Å². The lowest BCUT2D eigenvalue weighted by Crippen LogP contribution is -2.18. The number of ketones is 1. The van der Waals surface area contributed by atoms with Crippen molar-refractivity contribution in [1.29, 1.82) is 0 Å². The minimum atomic E-state index is -0.479. The van der Waals surface area contributed by atoms with Crippen LogP contribution in [0.2, 0.25) is 0 Å². The van der Waals surface area contributed by atoms with Gasteiger partial charge in [0.05, 0.1) is 0 Å². The largest absolute Gasteiger partial charge is 0.507 e. The second-order valence-electron chi connectivity index (χ2n) is 4.96. The highest BCUT2D eigenvalue weighted by Crippen LogP contribution is 2.25. The Morgan fingerprint density at radius 2 is 1.95 bits per heavy atom. The van der Waals surface area contributed by atoms with Gasteiger partial charge in [-0.05, 0) is 25.0 Å². The Bertz CT molecular complexity index is 784. The van der Waals surface area contributed by atoms with Crippen molar-refractivity contribution in [2.24, 2.45) is 0 Å². The maximum Gasteiger partial charge on any atom is 0.207 e. The van der Waals surface area contributed by atoms with Crippen LogP contribution in [-0.2, 0) is 6.42 Å². The van der Waals surface area contributed by atoms with Crippen molar-refractivity contribution in [1.82, 2.24) is 0 Å². The molecule has 2 rings (SSSR count). The molecule has 1 aromatic carbocycles. The van der Waals surface area contributed by atoms with Gasteiger partial charge in [0.2, 0.25) is 5.43 Å². The third kappa shape index (κ3) is 3.01. The molecule has 1 heterocycles. The second kappa shape index (κ2) is 6.89. The average Bonchev–Trinajstić information content (AvgIpc) is 2.50. The summed E-state index contributed by atoms with van der Waals surface area (Å²) in [4.78, 5) is 25.0. The standard InChI is InChI=1S/C18H18O4/c1-3-5-8-12(19)16-14(10-6-4-2)22-15-11-7-9-13(20)17(15)18(16)21/h3-4,7,9,11,20H,1-2,5-6,8,10H2. The van der Waals surface area contributed by atoms with E-state index < -0.39 is 5.43 Å². The van der Waals surface area contributed by atoms with Crippen molar-refractivity contribution in [3.63, 3.8) is 0 Å². The molecule has 0 aliphatic heterocycles. The van der Waals surface area contributed by atoms with Gasteiger partial charge in [0, 0.05) is 12.8 Å². The van der Waals surface area contributed by atoms with Crippen molar-refractivity contribution in [3.8, 4) is 5.75 Å². The first kappa shape index (κ1) is 15.8. The molecule has 0 saturated carbocycles. The maximum absolute atomic E-state index is 12.6. The number of fused-ring (bicyclic) bond motifs is 1. The van der Waals surface area contributed by atoms with Crippen LogP contribution in [0.3, 0.4) is 0 Å². The zero-order valence-electron chi connectivity index (χ0n) is 12.3. The van der Waals surface area contributed by atoms with Crippen molar-refractivity contribution in [2.75, 3.05) is 0 Å². The quantitative estimate of drug-likeness (QED) is 0.624. The Morgan fingerprint density at radius 3 is 2.64 bits per heavy atom. The Hall–Kier alpha value is -2.62. The van der Waals surface area contributed by atoms with E-state index in [1.54, 1.807) is 24.3 Å². The van der Waals surface area contributed by atoms with Crippen LogP contribution >= 0.6 is 0 Å². The number of allylic oxidation sites excluding steroid dienone is 2. The Labute approximate surface area is 128 Å². The summed E-state index contributed by atoms with van der Waals surface area (Å²) in [5.74, 6) is -0.130. The molecule has 0 aliphatic carbocycles. The first-order chi connectivity index (χ1) is 10.6. The summed E-state index contributed by atoms with van der Waals surface area (Å²) in [7, 11) is 0. The smallest absolute Gasteiger partial charge is 0.207 e. The van der Waals surface area contributed by atoms with Crippen LogP contribution in [-0.4, -0.2) is 10.9 Å². The lowest BCUT2D eigenvalue weighted by Gasteiger charge is -2.09. The number of phenolic OH excluding ortho intramolecular Hbond substituents is 1. The van der Waals surface area contributed by atoms with Gasteiger partial charge in [-0.25, -0.2) is 0 Å². The third-order valence-electron chi connectivity index (χ3n) is 3.40. The minimum absolute atomic E-state index is 0.0256. The van der Waals surface area contributed by atoms with Gasteiger partial charge in [-0.1, -0.05) is 18.2 Å².